The van der Waals surface area contributed by atoms with Gasteiger partial charge in [-0.05, 0) is 184 Å². The monoisotopic (exact) mass is 697 g/mol. The van der Waals surface area contributed by atoms with E-state index in [1.807, 2.05) is 26.0 Å². The van der Waals surface area contributed by atoms with Gasteiger partial charge in [-0.15, -0.1) is 0 Å². The smallest absolute Gasteiger partial charge is 0.338 e. The highest BCUT2D eigenvalue weighted by atomic mass is 16.5. The summed E-state index contributed by atoms with van der Waals surface area (Å²) in [6.07, 6.45) is 18.8. The molecule has 6 aliphatic rings. The van der Waals surface area contributed by atoms with Crippen LogP contribution in [0.2, 0.25) is 0 Å². The molecule has 1 aliphatic heterocycles. The third kappa shape index (κ3) is 6.13. The van der Waals surface area contributed by atoms with Crippen molar-refractivity contribution in [1.82, 2.24) is 10.2 Å². The van der Waals surface area contributed by atoms with E-state index < -0.39 is 0 Å². The first kappa shape index (κ1) is 37.4. The van der Waals surface area contributed by atoms with E-state index in [0.717, 1.165) is 30.7 Å². The summed E-state index contributed by atoms with van der Waals surface area (Å²) in [5, 5.41) is 4.08. The van der Waals surface area contributed by atoms with Gasteiger partial charge in [-0.1, -0.05) is 71.4 Å². The lowest BCUT2D eigenvalue weighted by Crippen LogP contribution is -2.65. The summed E-state index contributed by atoms with van der Waals surface area (Å²) in [6.45, 7) is 30.3. The zero-order valence-electron chi connectivity index (χ0n) is 33.8. The molecule has 5 fully saturated rings. The van der Waals surface area contributed by atoms with E-state index in [9.17, 15) is 4.79 Å². The molecule has 1 saturated heterocycles. The van der Waals surface area contributed by atoms with Crippen LogP contribution in [0.1, 0.15) is 148 Å². The van der Waals surface area contributed by atoms with Crippen molar-refractivity contribution in [1.29, 1.82) is 0 Å². The van der Waals surface area contributed by atoms with Crippen LogP contribution >= 0.6 is 0 Å². The number of hydrogen-bond donors (Lipinski definition) is 1. The molecular weight excluding hydrogens is 625 g/mol. The Bertz CT molecular complexity index is 1490. The van der Waals surface area contributed by atoms with E-state index >= 15 is 0 Å². The molecule has 51 heavy (non-hydrogen) atoms. The van der Waals surface area contributed by atoms with Crippen LogP contribution in [-0.4, -0.2) is 49.7 Å². The SMILES string of the molecule is C=C(C)[C@@H]1CC[C@]2(CNCCN3CCCCC3)CC[C@]3(C)[C@H](CC[C@@H]4[C@@]5(C)CC=C(c6ccc(C(=O)OC(C)C)cc6)C(C)(C)[C@@H]5CC[C@]43C)[C@@H]12. The molecule has 0 unspecified atom stereocenters. The second kappa shape index (κ2) is 13.7. The van der Waals surface area contributed by atoms with Gasteiger partial charge in [0.25, 0.3) is 0 Å². The molecule has 5 aliphatic carbocycles. The fraction of sp³-hybridized carbons (Fsp3) is 0.766. The molecule has 4 nitrogen and oxygen atoms in total. The van der Waals surface area contributed by atoms with Crippen LogP contribution in [-0.2, 0) is 4.74 Å². The van der Waals surface area contributed by atoms with Crippen LogP contribution in [0.3, 0.4) is 0 Å². The van der Waals surface area contributed by atoms with Crippen LogP contribution in [0.25, 0.3) is 5.57 Å². The third-order valence-corrected chi connectivity index (χ3v) is 17.1. The molecule has 9 atom stereocenters. The maximum Gasteiger partial charge on any atom is 0.338 e. The predicted octanol–water partition coefficient (Wildman–Crippen LogP) is 11.0. The van der Waals surface area contributed by atoms with Gasteiger partial charge >= 0.3 is 5.97 Å². The lowest BCUT2D eigenvalue weighted by Gasteiger charge is -2.72. The minimum atomic E-state index is -0.229. The highest BCUT2D eigenvalue weighted by Gasteiger charge is 2.70. The molecule has 1 heterocycles. The molecule has 1 N–H and O–H groups in total. The molecule has 0 bridgehead atoms. The van der Waals surface area contributed by atoms with Gasteiger partial charge in [0.1, 0.15) is 0 Å². The van der Waals surface area contributed by atoms with Crippen molar-refractivity contribution in [2.75, 3.05) is 32.7 Å². The Morgan fingerprint density at radius 3 is 2.31 bits per heavy atom. The second-order valence-corrected chi connectivity index (χ2v) is 20.2. The Kier molecular flexibility index (Phi) is 10.1. The maximum absolute atomic E-state index is 12.6. The Morgan fingerprint density at radius 1 is 0.902 bits per heavy atom. The minimum Gasteiger partial charge on any atom is -0.459 e. The number of ether oxygens (including phenoxy) is 1. The number of carbonyl (C=O) groups excluding carboxylic acids is 1. The zero-order valence-corrected chi connectivity index (χ0v) is 33.8. The van der Waals surface area contributed by atoms with E-state index in [1.165, 1.54) is 114 Å². The topological polar surface area (TPSA) is 41.6 Å². The lowest BCUT2D eigenvalue weighted by atomic mass is 9.32. The standard InChI is InChI=1S/C47H72N2O2/c1-32(2)36-19-24-47(31-48-27-30-49-28-11-10-12-29-49)26-25-45(8)38(41(36)47)17-18-40-44(7)22-20-37(43(5,6)39(44)21-23-46(40,45)9)34-13-15-35(16-14-34)42(50)51-33(3)4/h13-16,20,33,36,38-41,48H,1,10-12,17-19,21-31H2,2-9H3/t36-,38+,39-,40+,41+,44-,45+,46+,47+/m0/s1. The Labute approximate surface area is 312 Å². The molecule has 1 aromatic carbocycles. The highest BCUT2D eigenvalue weighted by Crippen LogP contribution is 2.77. The van der Waals surface area contributed by atoms with Crippen LogP contribution in [0.4, 0.5) is 0 Å². The minimum absolute atomic E-state index is 0.0735. The first-order valence-corrected chi connectivity index (χ1v) is 21.3. The van der Waals surface area contributed by atoms with Crippen molar-refractivity contribution in [3.8, 4) is 0 Å². The number of nitrogens with one attached hydrogen (secondary N) is 1. The van der Waals surface area contributed by atoms with Crippen molar-refractivity contribution >= 4 is 11.5 Å². The molecule has 282 valence electrons. The number of hydrogen-bond acceptors (Lipinski definition) is 4. The summed E-state index contributed by atoms with van der Waals surface area (Å²) in [4.78, 5) is 15.3. The summed E-state index contributed by atoms with van der Waals surface area (Å²) < 4.78 is 5.48. The summed E-state index contributed by atoms with van der Waals surface area (Å²) in [5.41, 5.74) is 6.38. The average molecular weight is 697 g/mol. The second-order valence-electron chi connectivity index (χ2n) is 20.2. The highest BCUT2D eigenvalue weighted by molar-refractivity contribution is 5.90. The third-order valence-electron chi connectivity index (χ3n) is 17.1. The number of allylic oxidation sites excluding steroid dienone is 3. The molecule has 4 heteroatoms. The molecule has 0 amide bonds. The van der Waals surface area contributed by atoms with E-state index in [1.54, 1.807) is 0 Å². The first-order chi connectivity index (χ1) is 24.2. The van der Waals surface area contributed by atoms with Crippen molar-refractivity contribution in [2.45, 2.75) is 139 Å². The van der Waals surface area contributed by atoms with Crippen LogP contribution in [0.5, 0.6) is 0 Å². The van der Waals surface area contributed by atoms with Crippen LogP contribution in [0, 0.1) is 56.7 Å². The van der Waals surface area contributed by atoms with Crippen LogP contribution in [0.15, 0.2) is 42.5 Å². The number of nitrogens with zero attached hydrogens (tertiary/aromatic N) is 1. The van der Waals surface area contributed by atoms with Crippen molar-refractivity contribution in [3.05, 3.63) is 53.6 Å². The van der Waals surface area contributed by atoms with Gasteiger partial charge in [0.15, 0.2) is 0 Å². The van der Waals surface area contributed by atoms with Gasteiger partial charge in [-0.3, -0.25) is 0 Å². The number of esters is 1. The molecule has 4 saturated carbocycles. The zero-order chi connectivity index (χ0) is 36.4. The summed E-state index contributed by atoms with van der Waals surface area (Å²) in [6, 6.07) is 8.28. The number of carbonyl (C=O) groups is 1. The van der Waals surface area contributed by atoms with E-state index in [2.05, 4.69) is 76.5 Å². The first-order valence-electron chi connectivity index (χ1n) is 21.3. The quantitative estimate of drug-likeness (QED) is 0.159. The van der Waals surface area contributed by atoms with Gasteiger partial charge in [-0.25, -0.2) is 4.79 Å². The van der Waals surface area contributed by atoms with E-state index in [4.69, 9.17) is 4.74 Å². The van der Waals surface area contributed by atoms with Crippen LogP contribution < -0.4 is 5.32 Å². The molecular formula is C47H72N2O2. The van der Waals surface area contributed by atoms with E-state index in [0.29, 0.717) is 39.1 Å². The number of likely N-dealkylation sites (tertiary alicyclic amines) is 1. The summed E-state index contributed by atoms with van der Waals surface area (Å²) >= 11 is 0. The van der Waals surface area contributed by atoms with Gasteiger partial charge in [0, 0.05) is 19.6 Å². The fourth-order valence-corrected chi connectivity index (χ4v) is 14.5. The maximum atomic E-state index is 12.6. The van der Waals surface area contributed by atoms with Gasteiger partial charge in [0.2, 0.25) is 0 Å². The average Bonchev–Trinajstić information content (AvgIpc) is 3.47. The molecule has 1 aromatic rings. The van der Waals surface area contributed by atoms with Crippen molar-refractivity contribution in [3.63, 3.8) is 0 Å². The van der Waals surface area contributed by atoms with E-state index in [-0.39, 0.29) is 17.5 Å². The lowest BCUT2D eigenvalue weighted by molar-refractivity contribution is -0.225. The Hall–Kier alpha value is -1.91. The largest absolute Gasteiger partial charge is 0.459 e. The number of fused-ring (bicyclic) bond motifs is 7. The van der Waals surface area contributed by atoms with Crippen molar-refractivity contribution < 1.29 is 9.53 Å². The molecule has 0 aromatic heterocycles. The number of piperidine rings is 1. The molecule has 7 rings (SSSR count). The van der Waals surface area contributed by atoms with Gasteiger partial charge in [-0.2, -0.15) is 0 Å². The Morgan fingerprint density at radius 2 is 1.63 bits per heavy atom. The van der Waals surface area contributed by atoms with Gasteiger partial charge in [0.05, 0.1) is 11.7 Å². The van der Waals surface area contributed by atoms with Crippen molar-refractivity contribution in [2.24, 2.45) is 56.7 Å². The Balaban J connectivity index is 1.12. The van der Waals surface area contributed by atoms with Gasteiger partial charge < -0.3 is 15.0 Å². The normalized spacial score (nSPS) is 40.4. The molecule has 0 spiro atoms. The summed E-state index contributed by atoms with van der Waals surface area (Å²) in [7, 11) is 0. The summed E-state index contributed by atoms with van der Waals surface area (Å²) in [5.74, 6) is 3.42. The molecule has 0 radical (unpaired) electrons. The fourth-order valence-electron chi connectivity index (χ4n) is 14.5. The predicted molar refractivity (Wildman–Crippen MR) is 212 cm³/mol. The number of rotatable bonds is 9. The number of benzene rings is 1.